The lowest BCUT2D eigenvalue weighted by Crippen LogP contribution is -2.60. The summed E-state index contributed by atoms with van der Waals surface area (Å²) in [7, 11) is 0. The molecule has 3 aliphatic rings. The molecular formula is C53H39BN2O. The van der Waals surface area contributed by atoms with Gasteiger partial charge in [-0.25, -0.2) is 0 Å². The Balaban J connectivity index is 1.24. The summed E-state index contributed by atoms with van der Waals surface area (Å²) in [6, 6.07) is 55.0. The molecule has 4 heterocycles. The van der Waals surface area contributed by atoms with E-state index in [1.807, 2.05) is 0 Å². The van der Waals surface area contributed by atoms with Gasteiger partial charge in [0.2, 0.25) is 0 Å². The molecule has 0 amide bonds. The molecule has 2 aromatic heterocycles. The predicted molar refractivity (Wildman–Crippen MR) is 241 cm³/mol. The van der Waals surface area contributed by atoms with E-state index >= 15 is 0 Å². The van der Waals surface area contributed by atoms with Gasteiger partial charge >= 0.3 is 6.85 Å². The molecule has 0 radical (unpaired) electrons. The van der Waals surface area contributed by atoms with E-state index in [9.17, 15) is 0 Å². The molecule has 1 aliphatic carbocycles. The molecule has 13 rings (SSSR count). The summed E-state index contributed by atoms with van der Waals surface area (Å²) < 4.78 is 9.32. The first kappa shape index (κ1) is 31.7. The second-order valence-electron chi connectivity index (χ2n) is 18.1. The summed E-state index contributed by atoms with van der Waals surface area (Å²) >= 11 is 0. The fourth-order valence-corrected chi connectivity index (χ4v) is 11.1. The summed E-state index contributed by atoms with van der Waals surface area (Å²) in [6.07, 6.45) is 0. The Labute approximate surface area is 331 Å². The number of benzene rings is 8. The lowest BCUT2D eigenvalue weighted by atomic mass is 9.44. The van der Waals surface area contributed by atoms with Crippen molar-refractivity contribution in [2.45, 2.75) is 45.4 Å². The van der Waals surface area contributed by atoms with Crippen LogP contribution in [-0.2, 0) is 10.8 Å². The summed E-state index contributed by atoms with van der Waals surface area (Å²) in [6.45, 7) is 11.6. The van der Waals surface area contributed by atoms with Crippen LogP contribution in [0.1, 0.15) is 51.3 Å². The highest BCUT2D eigenvalue weighted by molar-refractivity contribution is 6.94. The fraction of sp³-hybridized carbons (Fsp3) is 0.132. The number of anilines is 2. The summed E-state index contributed by atoms with van der Waals surface area (Å²) in [5, 5.41) is 7.48. The van der Waals surface area contributed by atoms with Gasteiger partial charge in [-0.15, -0.1) is 0 Å². The molecular weight excluding hydrogens is 691 g/mol. The first-order valence-electron chi connectivity index (χ1n) is 20.3. The summed E-state index contributed by atoms with van der Waals surface area (Å²) in [5.74, 6) is 0. The van der Waals surface area contributed by atoms with Gasteiger partial charge in [0.05, 0.1) is 11.0 Å². The van der Waals surface area contributed by atoms with Gasteiger partial charge in [-0.2, -0.15) is 0 Å². The number of fused-ring (bicyclic) bond motifs is 17. The van der Waals surface area contributed by atoms with Crippen LogP contribution in [-0.4, -0.2) is 11.4 Å². The standard InChI is InChI=1S/C53H39BN2O/c1-52(2,3)31-19-21-32(22-20-31)56-43-26-18-30-12-6-7-13-33(30)47(43)36-23-24-37-49-42(27-25-40-48(49)35-15-8-10-16-39(35)53(40,4)5)55-44-28-38-34-14-9-11-17-45(34)57-46(38)29-41(44)54(56)50(36)51(37)55/h6-29H,1-5H3. The Hall–Kier alpha value is -6.52. The monoisotopic (exact) mass is 730 g/mol. The highest BCUT2D eigenvalue weighted by Gasteiger charge is 2.46. The third kappa shape index (κ3) is 3.88. The first-order valence-corrected chi connectivity index (χ1v) is 20.3. The molecule has 8 aromatic carbocycles. The van der Waals surface area contributed by atoms with Crippen LogP contribution in [0, 0.1) is 0 Å². The van der Waals surface area contributed by atoms with Gasteiger partial charge in [0, 0.05) is 49.6 Å². The Kier molecular flexibility index (Phi) is 5.81. The lowest BCUT2D eigenvalue weighted by Gasteiger charge is -2.42. The van der Waals surface area contributed by atoms with Crippen molar-refractivity contribution in [1.29, 1.82) is 0 Å². The molecule has 57 heavy (non-hydrogen) atoms. The topological polar surface area (TPSA) is 21.3 Å². The van der Waals surface area contributed by atoms with Crippen LogP contribution in [0.25, 0.3) is 82.5 Å². The number of rotatable bonds is 1. The molecule has 0 fully saturated rings. The molecule has 0 unspecified atom stereocenters. The minimum Gasteiger partial charge on any atom is -0.456 e. The highest BCUT2D eigenvalue weighted by Crippen LogP contribution is 2.55. The molecule has 0 atom stereocenters. The van der Waals surface area contributed by atoms with Gasteiger partial charge in [-0.1, -0.05) is 138 Å². The zero-order valence-electron chi connectivity index (χ0n) is 32.7. The molecule has 0 spiro atoms. The average molecular weight is 731 g/mol. The largest absolute Gasteiger partial charge is 0.456 e. The predicted octanol–water partition coefficient (Wildman–Crippen LogP) is 12.7. The second-order valence-corrected chi connectivity index (χ2v) is 18.1. The number of furan rings is 1. The fourth-order valence-electron chi connectivity index (χ4n) is 11.1. The number of para-hydroxylation sites is 1. The van der Waals surface area contributed by atoms with Crippen LogP contribution in [0.5, 0.6) is 0 Å². The van der Waals surface area contributed by atoms with Crippen LogP contribution in [0.15, 0.2) is 150 Å². The van der Waals surface area contributed by atoms with E-state index < -0.39 is 0 Å². The van der Waals surface area contributed by atoms with Crippen LogP contribution in [0.3, 0.4) is 0 Å². The van der Waals surface area contributed by atoms with E-state index in [4.69, 9.17) is 4.42 Å². The van der Waals surface area contributed by atoms with Crippen molar-refractivity contribution in [3.8, 4) is 27.9 Å². The van der Waals surface area contributed by atoms with Crippen molar-refractivity contribution in [3.05, 3.63) is 162 Å². The molecule has 3 nitrogen and oxygen atoms in total. The van der Waals surface area contributed by atoms with Gasteiger partial charge in [0.25, 0.3) is 0 Å². The Morgan fingerprint density at radius 2 is 1.35 bits per heavy atom. The van der Waals surface area contributed by atoms with E-state index in [1.165, 1.54) is 99.5 Å². The van der Waals surface area contributed by atoms with Gasteiger partial charge in [-0.3, -0.25) is 0 Å². The maximum Gasteiger partial charge on any atom is 0.333 e. The van der Waals surface area contributed by atoms with Gasteiger partial charge in [0.1, 0.15) is 11.2 Å². The number of hydrogen-bond donors (Lipinski definition) is 0. The molecule has 270 valence electrons. The van der Waals surface area contributed by atoms with Crippen LogP contribution in [0.2, 0.25) is 0 Å². The normalized spacial score (nSPS) is 14.8. The SMILES string of the molecule is CC(C)(C)c1ccc(N2B3c4cc5oc6ccccc6c5cc4-n4c5ccc6c(c5c5ccc(c3c54)-c3c2ccc2ccccc32)-c2ccccc2C6(C)C)cc1. The van der Waals surface area contributed by atoms with Gasteiger partial charge in [0.15, 0.2) is 0 Å². The van der Waals surface area contributed by atoms with Crippen molar-refractivity contribution in [2.24, 2.45) is 0 Å². The molecule has 0 N–H and O–H groups in total. The molecule has 0 saturated carbocycles. The maximum absolute atomic E-state index is 6.71. The zero-order valence-corrected chi connectivity index (χ0v) is 32.7. The van der Waals surface area contributed by atoms with E-state index in [-0.39, 0.29) is 17.7 Å². The Morgan fingerprint density at radius 3 is 2.19 bits per heavy atom. The second kappa shape index (κ2) is 10.5. The van der Waals surface area contributed by atoms with Crippen LogP contribution in [0.4, 0.5) is 11.4 Å². The van der Waals surface area contributed by atoms with Crippen molar-refractivity contribution >= 4 is 83.7 Å². The van der Waals surface area contributed by atoms with Crippen molar-refractivity contribution in [2.75, 3.05) is 4.81 Å². The smallest absolute Gasteiger partial charge is 0.333 e. The number of hydrogen-bond acceptors (Lipinski definition) is 2. The molecule has 2 aliphatic heterocycles. The van der Waals surface area contributed by atoms with Gasteiger partial charge < -0.3 is 13.8 Å². The molecule has 0 saturated heterocycles. The van der Waals surface area contributed by atoms with Crippen molar-refractivity contribution in [3.63, 3.8) is 0 Å². The minimum absolute atomic E-state index is 0.0476. The van der Waals surface area contributed by atoms with Crippen LogP contribution < -0.4 is 15.7 Å². The summed E-state index contributed by atoms with van der Waals surface area (Å²) in [4.78, 5) is 2.63. The maximum atomic E-state index is 6.71. The molecule has 0 bridgehead atoms. The zero-order chi connectivity index (χ0) is 38.1. The number of nitrogens with zero attached hydrogens (tertiary/aromatic N) is 2. The number of aromatic nitrogens is 1. The molecule has 10 aromatic rings. The van der Waals surface area contributed by atoms with E-state index in [2.05, 4.69) is 190 Å². The van der Waals surface area contributed by atoms with E-state index in [0.717, 1.165) is 21.9 Å². The third-order valence-corrected chi connectivity index (χ3v) is 13.7. The van der Waals surface area contributed by atoms with E-state index in [0.29, 0.717) is 0 Å². The quantitative estimate of drug-likeness (QED) is 0.157. The minimum atomic E-state index is -0.0981. The molecule has 4 heteroatoms. The Morgan fingerprint density at radius 1 is 0.579 bits per heavy atom. The highest BCUT2D eigenvalue weighted by atomic mass is 16.3. The summed E-state index contributed by atoms with van der Waals surface area (Å²) in [5.41, 5.74) is 20.0. The van der Waals surface area contributed by atoms with Crippen LogP contribution >= 0.6 is 0 Å². The van der Waals surface area contributed by atoms with Crippen molar-refractivity contribution < 1.29 is 4.42 Å². The average Bonchev–Trinajstić information content (AvgIpc) is 3.84. The van der Waals surface area contributed by atoms with Gasteiger partial charge in [-0.05, 0) is 103 Å². The lowest BCUT2D eigenvalue weighted by molar-refractivity contribution is 0.590. The third-order valence-electron chi connectivity index (χ3n) is 13.7. The van der Waals surface area contributed by atoms with Crippen molar-refractivity contribution in [1.82, 2.24) is 4.57 Å². The van der Waals surface area contributed by atoms with E-state index in [1.54, 1.807) is 0 Å². The first-order chi connectivity index (χ1) is 27.7. The Bertz CT molecular complexity index is 3430.